The molecule has 0 radical (unpaired) electrons. The van der Waals surface area contributed by atoms with E-state index in [1.807, 2.05) is 4.90 Å². The van der Waals surface area contributed by atoms with Gasteiger partial charge >= 0.3 is 0 Å². The lowest BCUT2D eigenvalue weighted by Crippen LogP contribution is -2.41. The molecular formula is C14H22N2O2. The van der Waals surface area contributed by atoms with E-state index in [2.05, 4.69) is 17.5 Å². The van der Waals surface area contributed by atoms with Gasteiger partial charge in [-0.25, -0.2) is 0 Å². The van der Waals surface area contributed by atoms with Crippen molar-refractivity contribution >= 4 is 11.8 Å². The number of carbonyl (C=O) groups is 2. The molecule has 1 N–H and O–H groups in total. The molecule has 0 bridgehead atoms. The molecule has 1 aliphatic heterocycles. The lowest BCUT2D eigenvalue weighted by Gasteiger charge is -2.26. The Balaban J connectivity index is 1.60. The highest BCUT2D eigenvalue weighted by atomic mass is 16.2. The molecule has 1 heterocycles. The summed E-state index contributed by atoms with van der Waals surface area (Å²) in [5, 5.41) is 2.91. The van der Waals surface area contributed by atoms with Gasteiger partial charge in [0.15, 0.2) is 0 Å². The van der Waals surface area contributed by atoms with Gasteiger partial charge in [0, 0.05) is 32.5 Å². The summed E-state index contributed by atoms with van der Waals surface area (Å²) in [6.45, 7) is 2.09. The summed E-state index contributed by atoms with van der Waals surface area (Å²) in [5.41, 5.74) is 0. The van der Waals surface area contributed by atoms with E-state index in [9.17, 15) is 9.59 Å². The predicted molar refractivity (Wildman–Crippen MR) is 69.9 cm³/mol. The van der Waals surface area contributed by atoms with Crippen molar-refractivity contribution in [3.05, 3.63) is 12.2 Å². The standard InChI is InChI=1S/C14H22N2O2/c17-13(11-12-5-1-2-6-12)15-8-10-16-9-4-3-7-14(16)18/h1,5,12H,2-4,6-11H2,(H,15,17)/t12-/m0/s1. The third-order valence-electron chi connectivity index (χ3n) is 3.69. The second-order valence-corrected chi connectivity index (χ2v) is 5.16. The molecule has 2 rings (SSSR count). The van der Waals surface area contributed by atoms with Gasteiger partial charge in [-0.1, -0.05) is 12.2 Å². The first-order valence-electron chi connectivity index (χ1n) is 6.97. The SMILES string of the molecule is O=C(C[C@H]1C=CCC1)NCCN1CCCCC1=O. The summed E-state index contributed by atoms with van der Waals surface area (Å²) in [6.07, 6.45) is 9.82. The number of amides is 2. The average Bonchev–Trinajstić information content (AvgIpc) is 2.84. The average molecular weight is 250 g/mol. The first kappa shape index (κ1) is 13.1. The van der Waals surface area contributed by atoms with Crippen LogP contribution in [0.4, 0.5) is 0 Å². The molecule has 1 saturated heterocycles. The molecule has 1 atom stereocenters. The first-order valence-corrected chi connectivity index (χ1v) is 6.97. The van der Waals surface area contributed by atoms with Crippen molar-refractivity contribution in [3.8, 4) is 0 Å². The van der Waals surface area contributed by atoms with Crippen LogP contribution in [0.25, 0.3) is 0 Å². The number of allylic oxidation sites excluding steroid dienone is 2. The Hall–Kier alpha value is -1.32. The smallest absolute Gasteiger partial charge is 0.222 e. The molecule has 0 spiro atoms. The topological polar surface area (TPSA) is 49.4 Å². The van der Waals surface area contributed by atoms with Crippen LogP contribution in [0, 0.1) is 5.92 Å². The number of nitrogens with zero attached hydrogens (tertiary/aromatic N) is 1. The predicted octanol–water partition coefficient (Wildman–Crippen LogP) is 1.47. The van der Waals surface area contributed by atoms with Crippen molar-refractivity contribution in [2.75, 3.05) is 19.6 Å². The monoisotopic (exact) mass is 250 g/mol. The zero-order valence-corrected chi connectivity index (χ0v) is 10.9. The van der Waals surface area contributed by atoms with Gasteiger partial charge < -0.3 is 10.2 Å². The Morgan fingerprint density at radius 2 is 2.33 bits per heavy atom. The van der Waals surface area contributed by atoms with E-state index in [-0.39, 0.29) is 11.8 Å². The normalized spacial score (nSPS) is 23.4. The molecule has 0 saturated carbocycles. The van der Waals surface area contributed by atoms with Crippen molar-refractivity contribution in [2.24, 2.45) is 5.92 Å². The largest absolute Gasteiger partial charge is 0.354 e. The van der Waals surface area contributed by atoms with Gasteiger partial charge in [-0.3, -0.25) is 9.59 Å². The van der Waals surface area contributed by atoms with E-state index in [1.54, 1.807) is 0 Å². The van der Waals surface area contributed by atoms with Crippen LogP contribution in [0.1, 0.15) is 38.5 Å². The lowest BCUT2D eigenvalue weighted by molar-refractivity contribution is -0.133. The number of piperidine rings is 1. The summed E-state index contributed by atoms with van der Waals surface area (Å²) in [5.74, 6) is 0.756. The second kappa shape index (κ2) is 6.57. The van der Waals surface area contributed by atoms with E-state index < -0.39 is 0 Å². The first-order chi connectivity index (χ1) is 8.75. The molecule has 1 aliphatic carbocycles. The van der Waals surface area contributed by atoms with Crippen molar-refractivity contribution in [2.45, 2.75) is 38.5 Å². The van der Waals surface area contributed by atoms with Gasteiger partial charge in [0.1, 0.15) is 0 Å². The number of carbonyl (C=O) groups excluding carboxylic acids is 2. The van der Waals surface area contributed by atoms with Crippen LogP contribution < -0.4 is 5.32 Å². The van der Waals surface area contributed by atoms with E-state index in [1.165, 1.54) is 0 Å². The van der Waals surface area contributed by atoms with Gasteiger partial charge in [-0.05, 0) is 31.6 Å². The zero-order chi connectivity index (χ0) is 12.8. The van der Waals surface area contributed by atoms with Crippen molar-refractivity contribution in [1.82, 2.24) is 10.2 Å². The van der Waals surface area contributed by atoms with Gasteiger partial charge in [0.2, 0.25) is 11.8 Å². The summed E-state index contributed by atoms with van der Waals surface area (Å²) < 4.78 is 0. The molecule has 0 aromatic heterocycles. The molecule has 4 heteroatoms. The molecule has 18 heavy (non-hydrogen) atoms. The van der Waals surface area contributed by atoms with Crippen molar-refractivity contribution < 1.29 is 9.59 Å². The van der Waals surface area contributed by atoms with Crippen LogP contribution in [0.2, 0.25) is 0 Å². The third kappa shape index (κ3) is 3.86. The Morgan fingerprint density at radius 3 is 3.06 bits per heavy atom. The molecular weight excluding hydrogens is 228 g/mol. The Morgan fingerprint density at radius 1 is 1.44 bits per heavy atom. The fourth-order valence-corrected chi connectivity index (χ4v) is 2.60. The molecule has 0 aromatic carbocycles. The van der Waals surface area contributed by atoms with Gasteiger partial charge in [-0.2, -0.15) is 0 Å². The highest BCUT2D eigenvalue weighted by Crippen LogP contribution is 2.19. The van der Waals surface area contributed by atoms with Crippen LogP contribution in [-0.2, 0) is 9.59 Å². The van der Waals surface area contributed by atoms with Gasteiger partial charge in [0.05, 0.1) is 0 Å². The Labute approximate surface area is 108 Å². The zero-order valence-electron chi connectivity index (χ0n) is 10.9. The van der Waals surface area contributed by atoms with E-state index >= 15 is 0 Å². The third-order valence-corrected chi connectivity index (χ3v) is 3.69. The quantitative estimate of drug-likeness (QED) is 0.751. The highest BCUT2D eigenvalue weighted by Gasteiger charge is 2.18. The molecule has 0 unspecified atom stereocenters. The molecule has 1 fully saturated rings. The van der Waals surface area contributed by atoms with E-state index in [0.29, 0.717) is 31.8 Å². The summed E-state index contributed by atoms with van der Waals surface area (Å²) in [6, 6.07) is 0. The minimum Gasteiger partial charge on any atom is -0.354 e. The number of likely N-dealkylation sites (tertiary alicyclic amines) is 1. The molecule has 2 amide bonds. The maximum absolute atomic E-state index is 11.7. The van der Waals surface area contributed by atoms with Crippen molar-refractivity contribution in [3.63, 3.8) is 0 Å². The summed E-state index contributed by atoms with van der Waals surface area (Å²) >= 11 is 0. The summed E-state index contributed by atoms with van der Waals surface area (Å²) in [7, 11) is 0. The van der Waals surface area contributed by atoms with Crippen LogP contribution in [0.5, 0.6) is 0 Å². The van der Waals surface area contributed by atoms with E-state index in [4.69, 9.17) is 0 Å². The summed E-state index contributed by atoms with van der Waals surface area (Å²) in [4.78, 5) is 25.1. The maximum Gasteiger partial charge on any atom is 0.222 e. The molecule has 0 aromatic rings. The van der Waals surface area contributed by atoms with Gasteiger partial charge in [0.25, 0.3) is 0 Å². The lowest BCUT2D eigenvalue weighted by atomic mass is 10.1. The van der Waals surface area contributed by atoms with Gasteiger partial charge in [-0.15, -0.1) is 0 Å². The fourth-order valence-electron chi connectivity index (χ4n) is 2.60. The number of hydrogen-bond acceptors (Lipinski definition) is 2. The van der Waals surface area contributed by atoms with Crippen LogP contribution in [0.3, 0.4) is 0 Å². The van der Waals surface area contributed by atoms with Crippen LogP contribution >= 0.6 is 0 Å². The number of nitrogens with one attached hydrogen (secondary N) is 1. The minimum atomic E-state index is 0.107. The molecule has 4 nitrogen and oxygen atoms in total. The Bertz CT molecular complexity index is 339. The second-order valence-electron chi connectivity index (χ2n) is 5.16. The molecule has 2 aliphatic rings. The Kier molecular flexibility index (Phi) is 4.79. The maximum atomic E-state index is 11.7. The fraction of sp³-hybridized carbons (Fsp3) is 0.714. The minimum absolute atomic E-state index is 0.107. The van der Waals surface area contributed by atoms with E-state index in [0.717, 1.165) is 32.2 Å². The number of rotatable bonds is 5. The van der Waals surface area contributed by atoms with Crippen LogP contribution in [-0.4, -0.2) is 36.3 Å². The van der Waals surface area contributed by atoms with Crippen LogP contribution in [0.15, 0.2) is 12.2 Å². The number of hydrogen-bond donors (Lipinski definition) is 1. The molecule has 100 valence electrons. The highest BCUT2D eigenvalue weighted by molar-refractivity contribution is 5.77. The van der Waals surface area contributed by atoms with Crippen molar-refractivity contribution in [1.29, 1.82) is 0 Å².